The Balaban J connectivity index is 1.84. The third-order valence-corrected chi connectivity index (χ3v) is 3.04. The molecule has 5 nitrogen and oxygen atoms in total. The van der Waals surface area contributed by atoms with Gasteiger partial charge in [-0.3, -0.25) is 9.48 Å². The summed E-state index contributed by atoms with van der Waals surface area (Å²) in [4.78, 5) is 12.8. The van der Waals surface area contributed by atoms with Crippen LogP contribution in [0.5, 0.6) is 0 Å². The molecule has 1 aromatic rings. The number of aromatic nitrogens is 3. The average molecular weight is 208 g/mol. The van der Waals surface area contributed by atoms with Gasteiger partial charge in [-0.05, 0) is 32.9 Å². The lowest BCUT2D eigenvalue weighted by Gasteiger charge is -2.18. The normalized spacial score (nSPS) is 22.1. The molecule has 1 unspecified atom stereocenters. The molecule has 15 heavy (non-hydrogen) atoms. The molecule has 0 saturated carbocycles. The highest BCUT2D eigenvalue weighted by molar-refractivity contribution is 5.70. The number of aryl methyl sites for hydroxylation is 1. The number of hydrogen-bond acceptors (Lipinski definition) is 4. The van der Waals surface area contributed by atoms with Crippen molar-refractivity contribution in [3.8, 4) is 0 Å². The zero-order valence-corrected chi connectivity index (χ0v) is 8.96. The first-order valence-corrected chi connectivity index (χ1v) is 5.35. The minimum Gasteiger partial charge on any atom is -0.303 e. The van der Waals surface area contributed by atoms with Crippen molar-refractivity contribution in [3.05, 3.63) is 11.9 Å². The van der Waals surface area contributed by atoms with Crippen LogP contribution in [0.4, 0.5) is 0 Å². The smallest absolute Gasteiger partial charge is 0.171 e. The van der Waals surface area contributed by atoms with Gasteiger partial charge in [-0.15, -0.1) is 5.10 Å². The maximum Gasteiger partial charge on any atom is 0.171 e. The Kier molecular flexibility index (Phi) is 3.11. The van der Waals surface area contributed by atoms with Crippen LogP contribution < -0.4 is 0 Å². The summed E-state index contributed by atoms with van der Waals surface area (Å²) in [5.74, 6) is 0. The van der Waals surface area contributed by atoms with Gasteiger partial charge in [-0.25, -0.2) is 0 Å². The summed E-state index contributed by atoms with van der Waals surface area (Å²) in [6, 6.07) is 0.661. The van der Waals surface area contributed by atoms with E-state index >= 15 is 0 Å². The maximum atomic E-state index is 10.4. The molecule has 5 heteroatoms. The third-order valence-electron chi connectivity index (χ3n) is 3.04. The fraction of sp³-hybridized carbons (Fsp3) is 0.700. The molecule has 0 aromatic carbocycles. The molecule has 82 valence electrons. The summed E-state index contributed by atoms with van der Waals surface area (Å²) >= 11 is 0. The van der Waals surface area contributed by atoms with Gasteiger partial charge in [0.2, 0.25) is 0 Å². The Labute approximate surface area is 89.1 Å². The van der Waals surface area contributed by atoms with E-state index in [-0.39, 0.29) is 0 Å². The van der Waals surface area contributed by atoms with Crippen LogP contribution in [0.25, 0.3) is 0 Å². The van der Waals surface area contributed by atoms with Crippen molar-refractivity contribution in [2.75, 3.05) is 13.6 Å². The second-order valence-electron chi connectivity index (χ2n) is 4.09. The molecule has 0 radical (unpaired) electrons. The first kappa shape index (κ1) is 10.3. The Morgan fingerprint density at radius 3 is 3.13 bits per heavy atom. The standard InChI is InChI=1S/C10H16N4O/c1-13-5-2-3-10(13)4-6-14-7-9(8-15)11-12-14/h7-8,10H,2-6H2,1H3. The van der Waals surface area contributed by atoms with Gasteiger partial charge >= 0.3 is 0 Å². The number of aldehydes is 1. The van der Waals surface area contributed by atoms with E-state index in [2.05, 4.69) is 22.3 Å². The molecule has 0 N–H and O–H groups in total. The van der Waals surface area contributed by atoms with E-state index in [0.717, 1.165) is 19.3 Å². The summed E-state index contributed by atoms with van der Waals surface area (Å²) in [5, 5.41) is 7.62. The van der Waals surface area contributed by atoms with E-state index in [1.54, 1.807) is 10.9 Å². The Morgan fingerprint density at radius 1 is 1.67 bits per heavy atom. The molecule has 0 spiro atoms. The van der Waals surface area contributed by atoms with Gasteiger partial charge in [0.15, 0.2) is 6.29 Å². The van der Waals surface area contributed by atoms with Crippen molar-refractivity contribution >= 4 is 6.29 Å². The van der Waals surface area contributed by atoms with E-state index in [9.17, 15) is 4.79 Å². The predicted octanol–water partition coefficient (Wildman–Crippen LogP) is 0.575. The van der Waals surface area contributed by atoms with Gasteiger partial charge in [0.25, 0.3) is 0 Å². The van der Waals surface area contributed by atoms with Crippen LogP contribution in [0.1, 0.15) is 29.8 Å². The molecule has 2 rings (SSSR count). The summed E-state index contributed by atoms with van der Waals surface area (Å²) in [6.45, 7) is 2.04. The lowest BCUT2D eigenvalue weighted by molar-refractivity contribution is 0.111. The fourth-order valence-electron chi connectivity index (χ4n) is 2.10. The van der Waals surface area contributed by atoms with E-state index in [4.69, 9.17) is 0 Å². The molecule has 1 aliphatic rings. The summed E-state index contributed by atoms with van der Waals surface area (Å²) in [6.07, 6.45) is 6.06. The van der Waals surface area contributed by atoms with Crippen LogP contribution in [0, 0.1) is 0 Å². The number of rotatable bonds is 4. The first-order chi connectivity index (χ1) is 7.29. The quantitative estimate of drug-likeness (QED) is 0.679. The minimum atomic E-state index is 0.412. The van der Waals surface area contributed by atoms with Crippen molar-refractivity contribution in [2.24, 2.45) is 0 Å². The van der Waals surface area contributed by atoms with Crippen LogP contribution in [0.2, 0.25) is 0 Å². The number of carbonyl (C=O) groups excluding carboxylic acids is 1. The van der Waals surface area contributed by atoms with Crippen LogP contribution in [-0.2, 0) is 6.54 Å². The van der Waals surface area contributed by atoms with Crippen LogP contribution in [-0.4, -0.2) is 45.8 Å². The lowest BCUT2D eigenvalue weighted by atomic mass is 10.1. The highest BCUT2D eigenvalue weighted by Crippen LogP contribution is 2.18. The van der Waals surface area contributed by atoms with Crippen molar-refractivity contribution in [2.45, 2.75) is 31.8 Å². The van der Waals surface area contributed by atoms with Crippen LogP contribution in [0.3, 0.4) is 0 Å². The topological polar surface area (TPSA) is 51.0 Å². The third kappa shape index (κ3) is 2.41. The summed E-state index contributed by atoms with van der Waals surface area (Å²) in [5.41, 5.74) is 0.412. The fourth-order valence-corrected chi connectivity index (χ4v) is 2.10. The van der Waals surface area contributed by atoms with Crippen LogP contribution >= 0.6 is 0 Å². The largest absolute Gasteiger partial charge is 0.303 e. The van der Waals surface area contributed by atoms with Gasteiger partial charge < -0.3 is 4.90 Å². The van der Waals surface area contributed by atoms with Crippen molar-refractivity contribution in [1.82, 2.24) is 19.9 Å². The zero-order valence-electron chi connectivity index (χ0n) is 8.96. The molecule has 0 amide bonds. The second kappa shape index (κ2) is 4.53. The van der Waals surface area contributed by atoms with Gasteiger partial charge in [0.1, 0.15) is 5.69 Å². The molecule has 2 heterocycles. The molecule has 1 atom stereocenters. The Morgan fingerprint density at radius 2 is 2.53 bits per heavy atom. The van der Waals surface area contributed by atoms with E-state index in [1.807, 2.05) is 0 Å². The lowest BCUT2D eigenvalue weighted by Crippen LogP contribution is -2.26. The van der Waals surface area contributed by atoms with Gasteiger partial charge in [0, 0.05) is 12.6 Å². The van der Waals surface area contributed by atoms with Crippen molar-refractivity contribution in [1.29, 1.82) is 0 Å². The molecule has 1 saturated heterocycles. The SMILES string of the molecule is CN1CCCC1CCn1cc(C=O)nn1. The molecule has 0 aliphatic carbocycles. The van der Waals surface area contributed by atoms with E-state index in [0.29, 0.717) is 11.7 Å². The summed E-state index contributed by atoms with van der Waals surface area (Å²) in [7, 11) is 2.16. The number of hydrogen-bond donors (Lipinski definition) is 0. The van der Waals surface area contributed by atoms with Crippen LogP contribution in [0.15, 0.2) is 6.20 Å². The first-order valence-electron chi connectivity index (χ1n) is 5.35. The Bertz CT molecular complexity index is 336. The van der Waals surface area contributed by atoms with Crippen molar-refractivity contribution < 1.29 is 4.79 Å². The molecule has 1 fully saturated rings. The maximum absolute atomic E-state index is 10.4. The average Bonchev–Trinajstić information content (AvgIpc) is 2.84. The van der Waals surface area contributed by atoms with E-state index in [1.165, 1.54) is 19.4 Å². The highest BCUT2D eigenvalue weighted by Gasteiger charge is 2.20. The Hall–Kier alpha value is -1.23. The molecular formula is C10H16N4O. The van der Waals surface area contributed by atoms with E-state index < -0.39 is 0 Å². The van der Waals surface area contributed by atoms with Gasteiger partial charge in [0.05, 0.1) is 6.20 Å². The monoisotopic (exact) mass is 208 g/mol. The second-order valence-corrected chi connectivity index (χ2v) is 4.09. The van der Waals surface area contributed by atoms with Crippen molar-refractivity contribution in [3.63, 3.8) is 0 Å². The minimum absolute atomic E-state index is 0.412. The zero-order chi connectivity index (χ0) is 10.7. The predicted molar refractivity (Wildman–Crippen MR) is 55.7 cm³/mol. The number of nitrogens with zero attached hydrogens (tertiary/aromatic N) is 4. The van der Waals surface area contributed by atoms with Gasteiger partial charge in [-0.2, -0.15) is 0 Å². The molecular weight excluding hydrogens is 192 g/mol. The molecule has 1 aromatic heterocycles. The number of likely N-dealkylation sites (tertiary alicyclic amines) is 1. The number of carbonyl (C=O) groups is 1. The summed E-state index contributed by atoms with van der Waals surface area (Å²) < 4.78 is 1.75. The highest BCUT2D eigenvalue weighted by atomic mass is 16.1. The molecule has 0 bridgehead atoms. The van der Waals surface area contributed by atoms with Gasteiger partial charge in [-0.1, -0.05) is 5.21 Å². The molecule has 1 aliphatic heterocycles.